The van der Waals surface area contributed by atoms with E-state index in [0.717, 1.165) is 40.9 Å². The number of carbonyl (C=O) groups is 2. The quantitative estimate of drug-likeness (QED) is 0.0953. The molecule has 0 aliphatic heterocycles. The second kappa shape index (κ2) is 17.4. The van der Waals surface area contributed by atoms with E-state index < -0.39 is 5.60 Å². The summed E-state index contributed by atoms with van der Waals surface area (Å²) in [6.45, 7) is 15.5. The Morgan fingerprint density at radius 3 is 2.10 bits per heavy atom. The number of halogens is 1. The molecule has 0 spiro atoms. The highest BCUT2D eigenvalue weighted by molar-refractivity contribution is 6.12. The molecule has 0 aliphatic rings. The smallest absolute Gasteiger partial charge is 0.306 e. The van der Waals surface area contributed by atoms with Gasteiger partial charge in [-0.25, -0.2) is 4.39 Å². The first-order valence-corrected chi connectivity index (χ1v) is 17.7. The minimum atomic E-state index is -0.403. The Morgan fingerprint density at radius 2 is 1.51 bits per heavy atom. The molecule has 4 rings (SSSR count). The van der Waals surface area contributed by atoms with E-state index in [1.807, 2.05) is 81.4 Å². The van der Waals surface area contributed by atoms with Gasteiger partial charge in [-0.1, -0.05) is 82.6 Å². The topological polar surface area (TPSA) is 69.6 Å². The molecule has 1 N–H and O–H groups in total. The zero-order valence-electron chi connectivity index (χ0n) is 30.2. The van der Waals surface area contributed by atoms with Crippen molar-refractivity contribution in [2.75, 3.05) is 11.9 Å². The molecule has 4 aromatic rings. The Bertz CT molecular complexity index is 1640. The summed E-state index contributed by atoms with van der Waals surface area (Å²) in [4.78, 5) is 27.0. The van der Waals surface area contributed by atoms with Crippen molar-refractivity contribution < 1.29 is 23.5 Å². The minimum absolute atomic E-state index is 0.0213. The fourth-order valence-electron chi connectivity index (χ4n) is 6.41. The van der Waals surface area contributed by atoms with Gasteiger partial charge in [0.25, 0.3) is 5.91 Å². The molecule has 49 heavy (non-hydrogen) atoms. The standard InChI is InChI=1S/C42H53FN2O4/c1-8-9-26-48-36(46)28-30(4)27-35(49-42(5,6)7)24-25-45-39(29(2)3)38(41(47)44-34-18-14-11-15-19-34)37(31-16-12-10-13-17-31)40(45)32-20-22-33(43)23-21-32/h10-23,29-30,35H,8-9,24-28H2,1-7H3,(H,44,47). The number of carbonyl (C=O) groups excluding carboxylic acids is 2. The molecule has 2 atom stereocenters. The van der Waals surface area contributed by atoms with Crippen LogP contribution in [0.4, 0.5) is 10.1 Å². The minimum Gasteiger partial charge on any atom is -0.466 e. The van der Waals surface area contributed by atoms with Crippen LogP contribution in [0.25, 0.3) is 22.4 Å². The SMILES string of the molecule is CCCCOC(=O)CC(C)CC(CCn1c(-c2ccc(F)cc2)c(-c2ccccc2)c(C(=O)Nc2ccccc2)c1C(C)C)OC(C)(C)C. The van der Waals surface area contributed by atoms with E-state index in [0.29, 0.717) is 43.7 Å². The summed E-state index contributed by atoms with van der Waals surface area (Å²) in [6, 6.07) is 25.9. The first-order chi connectivity index (χ1) is 23.4. The van der Waals surface area contributed by atoms with Crippen molar-refractivity contribution in [3.05, 3.63) is 102 Å². The van der Waals surface area contributed by atoms with Crippen molar-refractivity contribution in [1.82, 2.24) is 4.57 Å². The lowest BCUT2D eigenvalue weighted by Gasteiger charge is -2.30. The third-order valence-corrected chi connectivity index (χ3v) is 8.43. The summed E-state index contributed by atoms with van der Waals surface area (Å²) in [5.41, 5.74) is 5.18. The Balaban J connectivity index is 1.82. The molecule has 6 nitrogen and oxygen atoms in total. The van der Waals surface area contributed by atoms with Gasteiger partial charge >= 0.3 is 5.97 Å². The summed E-state index contributed by atoms with van der Waals surface area (Å²) in [6.07, 6.45) is 3.32. The average molecular weight is 669 g/mol. The predicted octanol–water partition coefficient (Wildman–Crippen LogP) is 10.7. The molecule has 262 valence electrons. The zero-order valence-corrected chi connectivity index (χ0v) is 30.2. The Labute approximate surface area is 292 Å². The van der Waals surface area contributed by atoms with Crippen LogP contribution in [-0.4, -0.2) is 34.8 Å². The van der Waals surface area contributed by atoms with Crippen LogP contribution in [0.1, 0.15) is 103 Å². The fourth-order valence-corrected chi connectivity index (χ4v) is 6.41. The van der Waals surface area contributed by atoms with Gasteiger partial charge in [-0.05, 0) is 99.4 Å². The maximum absolute atomic E-state index is 14.4. The molecular formula is C42H53FN2O4. The number of nitrogens with one attached hydrogen (secondary N) is 1. The number of rotatable bonds is 16. The van der Waals surface area contributed by atoms with Gasteiger partial charge in [0.2, 0.25) is 0 Å². The van der Waals surface area contributed by atoms with Crippen molar-refractivity contribution in [1.29, 1.82) is 0 Å². The third-order valence-electron chi connectivity index (χ3n) is 8.43. The van der Waals surface area contributed by atoms with Gasteiger partial charge in [0.1, 0.15) is 5.82 Å². The Kier molecular flexibility index (Phi) is 13.4. The summed E-state index contributed by atoms with van der Waals surface area (Å²) in [7, 11) is 0. The number of benzene rings is 3. The van der Waals surface area contributed by atoms with Crippen LogP contribution >= 0.6 is 0 Å². The maximum atomic E-state index is 14.4. The van der Waals surface area contributed by atoms with Crippen LogP contribution < -0.4 is 5.32 Å². The highest BCUT2D eigenvalue weighted by Crippen LogP contribution is 2.43. The number of amides is 1. The highest BCUT2D eigenvalue weighted by Gasteiger charge is 2.31. The number of ether oxygens (including phenoxy) is 2. The first kappa shape index (κ1) is 37.6. The zero-order chi connectivity index (χ0) is 35.6. The molecule has 1 aromatic heterocycles. The number of esters is 1. The van der Waals surface area contributed by atoms with E-state index in [4.69, 9.17) is 9.47 Å². The number of nitrogens with zero attached hydrogens (tertiary/aromatic N) is 1. The molecule has 0 fully saturated rings. The van der Waals surface area contributed by atoms with Crippen LogP contribution in [0, 0.1) is 11.7 Å². The number of hydrogen-bond donors (Lipinski definition) is 1. The second-order valence-corrected chi connectivity index (χ2v) is 14.2. The summed E-state index contributed by atoms with van der Waals surface area (Å²) in [5, 5.41) is 3.14. The average Bonchev–Trinajstić information content (AvgIpc) is 3.40. The monoisotopic (exact) mass is 668 g/mol. The normalized spacial score (nSPS) is 12.9. The Hall–Kier alpha value is -4.23. The lowest BCUT2D eigenvalue weighted by molar-refractivity contribution is -0.145. The number of unbranched alkanes of at least 4 members (excludes halogenated alkanes) is 1. The number of hydrogen-bond acceptors (Lipinski definition) is 4. The predicted molar refractivity (Wildman–Crippen MR) is 197 cm³/mol. The van der Waals surface area contributed by atoms with Crippen molar-refractivity contribution in [3.63, 3.8) is 0 Å². The van der Waals surface area contributed by atoms with E-state index in [2.05, 4.69) is 37.6 Å². The van der Waals surface area contributed by atoms with Crippen LogP contribution in [-0.2, 0) is 20.8 Å². The van der Waals surface area contributed by atoms with Gasteiger partial charge < -0.3 is 19.4 Å². The van der Waals surface area contributed by atoms with Crippen LogP contribution in [0.15, 0.2) is 84.9 Å². The molecule has 0 bridgehead atoms. The van der Waals surface area contributed by atoms with Gasteiger partial charge in [-0.15, -0.1) is 0 Å². The van der Waals surface area contributed by atoms with Crippen molar-refractivity contribution in [2.24, 2.45) is 5.92 Å². The summed E-state index contributed by atoms with van der Waals surface area (Å²) < 4.78 is 28.6. The molecule has 0 aliphatic carbocycles. The van der Waals surface area contributed by atoms with Crippen LogP contribution in [0.5, 0.6) is 0 Å². The number of anilines is 1. The molecule has 7 heteroatoms. The fraction of sp³-hybridized carbons (Fsp3) is 0.429. The van der Waals surface area contributed by atoms with Gasteiger partial charge in [-0.2, -0.15) is 0 Å². The first-order valence-electron chi connectivity index (χ1n) is 17.7. The molecule has 0 radical (unpaired) electrons. The maximum Gasteiger partial charge on any atom is 0.306 e. The lowest BCUT2D eigenvalue weighted by Crippen LogP contribution is -2.30. The molecule has 3 aromatic carbocycles. The van der Waals surface area contributed by atoms with Gasteiger partial charge in [0, 0.05) is 29.9 Å². The lowest BCUT2D eigenvalue weighted by atomic mass is 9.94. The summed E-state index contributed by atoms with van der Waals surface area (Å²) in [5.74, 6) is -0.668. The van der Waals surface area contributed by atoms with Crippen molar-refractivity contribution >= 4 is 17.6 Å². The molecule has 1 amide bonds. The third kappa shape index (κ3) is 10.6. The second-order valence-electron chi connectivity index (χ2n) is 14.2. The van der Waals surface area contributed by atoms with Gasteiger partial charge in [0.05, 0.1) is 29.6 Å². The largest absolute Gasteiger partial charge is 0.466 e. The van der Waals surface area contributed by atoms with Gasteiger partial charge in [0.15, 0.2) is 0 Å². The van der Waals surface area contributed by atoms with Crippen molar-refractivity contribution in [2.45, 2.75) is 105 Å². The number of aromatic nitrogens is 1. The van der Waals surface area contributed by atoms with Crippen LogP contribution in [0.2, 0.25) is 0 Å². The molecule has 2 unspecified atom stereocenters. The van der Waals surface area contributed by atoms with Crippen LogP contribution in [0.3, 0.4) is 0 Å². The van der Waals surface area contributed by atoms with E-state index >= 15 is 0 Å². The molecule has 0 saturated heterocycles. The molecule has 1 heterocycles. The van der Waals surface area contributed by atoms with E-state index in [1.54, 1.807) is 12.1 Å². The van der Waals surface area contributed by atoms with E-state index in [-0.39, 0.29) is 35.6 Å². The summed E-state index contributed by atoms with van der Waals surface area (Å²) >= 11 is 0. The van der Waals surface area contributed by atoms with Gasteiger partial charge in [-0.3, -0.25) is 9.59 Å². The number of para-hydroxylation sites is 1. The Morgan fingerprint density at radius 1 is 0.878 bits per heavy atom. The van der Waals surface area contributed by atoms with E-state index in [1.165, 1.54) is 12.1 Å². The van der Waals surface area contributed by atoms with Crippen molar-refractivity contribution in [3.8, 4) is 22.4 Å². The van der Waals surface area contributed by atoms with E-state index in [9.17, 15) is 14.0 Å². The highest BCUT2D eigenvalue weighted by atomic mass is 19.1. The molecule has 0 saturated carbocycles. The molecular weight excluding hydrogens is 615 g/mol.